The molecule has 4 nitrogen and oxygen atoms in total. The summed E-state index contributed by atoms with van der Waals surface area (Å²) in [7, 11) is -3.82. The molecule has 0 aliphatic carbocycles. The van der Waals surface area contributed by atoms with Crippen molar-refractivity contribution >= 4 is 15.9 Å². The Bertz CT molecular complexity index is 890. The maximum absolute atomic E-state index is 12.5. The van der Waals surface area contributed by atoms with E-state index in [-0.39, 0.29) is 9.80 Å². The van der Waals surface area contributed by atoms with E-state index in [0.717, 1.165) is 5.57 Å². The largest absolute Gasteiger partial charge is 0.489 e. The average molecular weight is 339 g/mol. The maximum Gasteiger partial charge on any atom is 0.216 e. The quantitative estimate of drug-likeness (QED) is 0.590. The van der Waals surface area contributed by atoms with E-state index in [9.17, 15) is 13.7 Å². The molecule has 2 aromatic rings. The van der Waals surface area contributed by atoms with E-state index in [1.807, 2.05) is 6.92 Å². The van der Waals surface area contributed by atoms with Crippen LogP contribution in [0.25, 0.3) is 6.08 Å². The Balaban J connectivity index is 2.28. The summed E-state index contributed by atoms with van der Waals surface area (Å²) in [6, 6.07) is 16.5. The number of nitrogens with zero attached hydrogens (tertiary/aromatic N) is 1. The molecule has 0 aliphatic heterocycles. The topological polar surface area (TPSA) is 67.2 Å². The summed E-state index contributed by atoms with van der Waals surface area (Å²) in [5.41, 5.74) is 1.51. The lowest BCUT2D eigenvalue weighted by atomic mass is 10.2. The van der Waals surface area contributed by atoms with Crippen LogP contribution in [0.1, 0.15) is 12.5 Å². The van der Waals surface area contributed by atoms with Crippen LogP contribution in [0.3, 0.4) is 0 Å². The Labute approximate surface area is 142 Å². The van der Waals surface area contributed by atoms with Crippen LogP contribution in [0, 0.1) is 11.3 Å². The van der Waals surface area contributed by atoms with Crippen LogP contribution in [0.2, 0.25) is 0 Å². The average Bonchev–Trinajstić information content (AvgIpc) is 2.59. The Hall–Kier alpha value is -2.84. The molecule has 2 rings (SSSR count). The fourth-order valence-corrected chi connectivity index (χ4v) is 3.10. The van der Waals surface area contributed by atoms with Crippen molar-refractivity contribution in [3.05, 3.63) is 77.2 Å². The zero-order valence-electron chi connectivity index (χ0n) is 13.3. The minimum Gasteiger partial charge on any atom is -0.489 e. The molecule has 0 aromatic heterocycles. The minimum absolute atomic E-state index is 0.0965. The Morgan fingerprint density at radius 2 is 1.79 bits per heavy atom. The van der Waals surface area contributed by atoms with Crippen LogP contribution in [0.15, 0.2) is 76.5 Å². The van der Waals surface area contributed by atoms with E-state index in [4.69, 9.17) is 4.74 Å². The molecule has 2 aromatic carbocycles. The van der Waals surface area contributed by atoms with Gasteiger partial charge >= 0.3 is 0 Å². The van der Waals surface area contributed by atoms with Gasteiger partial charge in [0.1, 0.15) is 23.3 Å². The number of hydrogen-bond donors (Lipinski definition) is 0. The van der Waals surface area contributed by atoms with Crippen LogP contribution in [-0.2, 0) is 9.84 Å². The number of ether oxygens (including phenoxy) is 1. The summed E-state index contributed by atoms with van der Waals surface area (Å²) < 4.78 is 30.5. The van der Waals surface area contributed by atoms with E-state index in [1.165, 1.54) is 18.2 Å². The van der Waals surface area contributed by atoms with Crippen molar-refractivity contribution in [2.75, 3.05) is 6.61 Å². The van der Waals surface area contributed by atoms with Gasteiger partial charge in [0.15, 0.2) is 0 Å². The van der Waals surface area contributed by atoms with Gasteiger partial charge in [-0.3, -0.25) is 0 Å². The molecule has 0 fully saturated rings. The van der Waals surface area contributed by atoms with Gasteiger partial charge in [-0.2, -0.15) is 5.26 Å². The van der Waals surface area contributed by atoms with Gasteiger partial charge in [-0.15, -0.1) is 0 Å². The van der Waals surface area contributed by atoms with Crippen LogP contribution >= 0.6 is 0 Å². The van der Waals surface area contributed by atoms with Crippen molar-refractivity contribution in [1.82, 2.24) is 0 Å². The highest BCUT2D eigenvalue weighted by Gasteiger charge is 2.20. The van der Waals surface area contributed by atoms with Gasteiger partial charge in [-0.1, -0.05) is 36.9 Å². The van der Waals surface area contributed by atoms with E-state index in [2.05, 4.69) is 6.58 Å². The van der Waals surface area contributed by atoms with Gasteiger partial charge in [0.2, 0.25) is 9.84 Å². The van der Waals surface area contributed by atoms with E-state index in [0.29, 0.717) is 17.9 Å². The number of benzene rings is 2. The molecule has 0 aliphatic rings. The zero-order chi connectivity index (χ0) is 17.6. The fraction of sp³-hybridized carbons (Fsp3) is 0.105. The van der Waals surface area contributed by atoms with E-state index < -0.39 is 9.84 Å². The first-order valence-electron chi connectivity index (χ1n) is 7.22. The van der Waals surface area contributed by atoms with Crippen molar-refractivity contribution in [1.29, 1.82) is 5.26 Å². The lowest BCUT2D eigenvalue weighted by molar-refractivity contribution is 0.352. The third-order valence-electron chi connectivity index (χ3n) is 3.12. The predicted molar refractivity (Wildman–Crippen MR) is 94.0 cm³/mol. The number of nitriles is 1. The van der Waals surface area contributed by atoms with Crippen LogP contribution in [0.5, 0.6) is 5.75 Å². The molecule has 122 valence electrons. The van der Waals surface area contributed by atoms with Gasteiger partial charge < -0.3 is 4.74 Å². The first-order valence-corrected chi connectivity index (χ1v) is 8.71. The van der Waals surface area contributed by atoms with Crippen LogP contribution < -0.4 is 4.74 Å². The number of hydrogen-bond acceptors (Lipinski definition) is 4. The van der Waals surface area contributed by atoms with Gasteiger partial charge in [0.05, 0.1) is 4.90 Å². The van der Waals surface area contributed by atoms with Gasteiger partial charge in [0.25, 0.3) is 0 Å². The monoisotopic (exact) mass is 339 g/mol. The zero-order valence-corrected chi connectivity index (χ0v) is 14.1. The summed E-state index contributed by atoms with van der Waals surface area (Å²) in [5, 5.41) is 9.25. The molecular weight excluding hydrogens is 322 g/mol. The third-order valence-corrected chi connectivity index (χ3v) is 4.80. The summed E-state index contributed by atoms with van der Waals surface area (Å²) in [6.07, 6.45) is 1.35. The molecule has 24 heavy (non-hydrogen) atoms. The van der Waals surface area contributed by atoms with E-state index >= 15 is 0 Å². The number of allylic oxidation sites excluding steroid dienone is 1. The molecule has 0 spiro atoms. The van der Waals surface area contributed by atoms with Gasteiger partial charge in [-0.05, 0) is 48.4 Å². The van der Waals surface area contributed by atoms with Crippen molar-refractivity contribution in [3.63, 3.8) is 0 Å². The summed E-state index contributed by atoms with van der Waals surface area (Å²) in [4.78, 5) is -0.205. The highest BCUT2D eigenvalue weighted by atomic mass is 32.2. The lowest BCUT2D eigenvalue weighted by Crippen LogP contribution is -2.03. The Morgan fingerprint density at radius 3 is 2.33 bits per heavy atom. The molecular formula is C19H17NO3S. The smallest absolute Gasteiger partial charge is 0.216 e. The van der Waals surface area contributed by atoms with Gasteiger partial charge in [-0.25, -0.2) is 8.42 Å². The molecule has 5 heteroatoms. The van der Waals surface area contributed by atoms with Crippen molar-refractivity contribution in [2.45, 2.75) is 11.8 Å². The molecule has 0 bridgehead atoms. The predicted octanol–water partition coefficient (Wildman–Crippen LogP) is 3.98. The number of rotatable bonds is 6. The highest BCUT2D eigenvalue weighted by molar-refractivity contribution is 7.95. The van der Waals surface area contributed by atoms with Crippen LogP contribution in [0.4, 0.5) is 0 Å². The van der Waals surface area contributed by atoms with Crippen molar-refractivity contribution < 1.29 is 13.2 Å². The second-order valence-corrected chi connectivity index (χ2v) is 7.17. The third kappa shape index (κ3) is 4.34. The molecule has 0 atom stereocenters. The second kappa shape index (κ2) is 7.62. The Morgan fingerprint density at radius 1 is 1.17 bits per heavy atom. The lowest BCUT2D eigenvalue weighted by Gasteiger charge is -2.06. The first-order chi connectivity index (χ1) is 11.4. The van der Waals surface area contributed by atoms with Crippen molar-refractivity contribution in [3.8, 4) is 11.8 Å². The molecule has 0 saturated carbocycles. The second-order valence-electron chi connectivity index (χ2n) is 5.25. The normalized spacial score (nSPS) is 11.6. The fourth-order valence-electron chi connectivity index (χ4n) is 1.91. The summed E-state index contributed by atoms with van der Waals surface area (Å²) in [6.45, 7) is 6.04. The van der Waals surface area contributed by atoms with Crippen LogP contribution in [-0.4, -0.2) is 15.0 Å². The van der Waals surface area contributed by atoms with Gasteiger partial charge in [0, 0.05) is 0 Å². The summed E-state index contributed by atoms with van der Waals surface area (Å²) in [5.74, 6) is 0.652. The minimum atomic E-state index is -3.82. The highest BCUT2D eigenvalue weighted by Crippen LogP contribution is 2.22. The van der Waals surface area contributed by atoms with Crippen molar-refractivity contribution in [2.24, 2.45) is 0 Å². The molecule has 0 amide bonds. The molecule has 0 N–H and O–H groups in total. The molecule has 0 heterocycles. The number of sulfone groups is 1. The summed E-state index contributed by atoms with van der Waals surface area (Å²) >= 11 is 0. The molecule has 0 unspecified atom stereocenters. The Kier molecular flexibility index (Phi) is 5.56. The maximum atomic E-state index is 12.5. The first kappa shape index (κ1) is 17.5. The molecule has 0 radical (unpaired) electrons. The van der Waals surface area contributed by atoms with E-state index in [1.54, 1.807) is 48.5 Å². The standard InChI is InChI=1S/C19H17NO3S/c1-15(2)14-23-17-10-8-16(9-11-17)12-19(13-20)24(21,22)18-6-4-3-5-7-18/h3-12H,1,14H2,2H3/b19-12+. The molecule has 0 saturated heterocycles. The SMILES string of the molecule is C=C(C)COc1ccc(/C=C(\C#N)S(=O)(=O)c2ccccc2)cc1.